The highest BCUT2D eigenvalue weighted by molar-refractivity contribution is 7.92. The standard InChI is InChI=1S/C27H37N3O6S/c1-7-25(27(33)28-16-19(2)3)29(17-21-11-13-24(36-5)14-12-21)26(32)18-30(37(6,34)35)23-10-8-9-22(15-23)20(4)31/h8-15,19,25H,7,16-18H2,1-6H3,(H,28,33)/t25-/m1/s1. The Balaban J connectivity index is 2.45. The molecule has 10 heteroatoms. The Kier molecular flexibility index (Phi) is 10.7. The van der Waals surface area contributed by atoms with Crippen molar-refractivity contribution >= 4 is 33.3 Å². The van der Waals surface area contributed by atoms with Crippen LogP contribution < -0.4 is 14.4 Å². The molecule has 1 atom stereocenters. The van der Waals surface area contributed by atoms with Crippen molar-refractivity contribution in [1.29, 1.82) is 0 Å². The molecule has 2 rings (SSSR count). The largest absolute Gasteiger partial charge is 0.497 e. The molecule has 9 nitrogen and oxygen atoms in total. The summed E-state index contributed by atoms with van der Waals surface area (Å²) in [7, 11) is -2.33. The van der Waals surface area contributed by atoms with E-state index in [4.69, 9.17) is 4.74 Å². The van der Waals surface area contributed by atoms with Crippen molar-refractivity contribution in [3.63, 3.8) is 0 Å². The molecule has 37 heavy (non-hydrogen) atoms. The number of methoxy groups -OCH3 is 1. The third-order valence-corrected chi connectivity index (χ3v) is 6.94. The van der Waals surface area contributed by atoms with E-state index in [-0.39, 0.29) is 29.8 Å². The van der Waals surface area contributed by atoms with E-state index < -0.39 is 28.5 Å². The molecule has 202 valence electrons. The number of hydrogen-bond donors (Lipinski definition) is 1. The van der Waals surface area contributed by atoms with Crippen molar-refractivity contribution in [2.45, 2.75) is 46.7 Å². The number of carbonyl (C=O) groups is 3. The molecule has 0 aliphatic heterocycles. The number of nitrogens with zero attached hydrogens (tertiary/aromatic N) is 2. The molecule has 0 aliphatic rings. The number of Topliss-reactive ketones (excluding diaryl/α,β-unsaturated/α-hetero) is 1. The third kappa shape index (κ3) is 8.59. The minimum atomic E-state index is -3.89. The minimum Gasteiger partial charge on any atom is -0.497 e. The van der Waals surface area contributed by atoms with Gasteiger partial charge in [0.15, 0.2) is 5.78 Å². The summed E-state index contributed by atoms with van der Waals surface area (Å²) < 4.78 is 31.6. The van der Waals surface area contributed by atoms with E-state index in [9.17, 15) is 22.8 Å². The van der Waals surface area contributed by atoms with E-state index in [2.05, 4.69) is 5.32 Å². The van der Waals surface area contributed by atoms with Crippen LogP contribution in [0, 0.1) is 5.92 Å². The Labute approximate surface area is 219 Å². The second-order valence-electron chi connectivity index (χ2n) is 9.31. The molecule has 0 radical (unpaired) electrons. The van der Waals surface area contributed by atoms with Gasteiger partial charge < -0.3 is 15.0 Å². The fraction of sp³-hybridized carbons (Fsp3) is 0.444. The van der Waals surface area contributed by atoms with E-state index in [1.165, 1.54) is 24.0 Å². The molecule has 0 unspecified atom stereocenters. The average Bonchev–Trinajstić information content (AvgIpc) is 2.85. The maximum Gasteiger partial charge on any atom is 0.244 e. The van der Waals surface area contributed by atoms with Crippen LogP contribution in [0.5, 0.6) is 5.75 Å². The molecule has 0 spiro atoms. The first-order chi connectivity index (χ1) is 17.4. The maximum absolute atomic E-state index is 13.7. The SMILES string of the molecule is CC[C@H](C(=O)NCC(C)C)N(Cc1ccc(OC)cc1)C(=O)CN(c1cccc(C(C)=O)c1)S(C)(=O)=O. The summed E-state index contributed by atoms with van der Waals surface area (Å²) in [5, 5.41) is 2.89. The van der Waals surface area contributed by atoms with Crippen molar-refractivity contribution in [3.8, 4) is 5.75 Å². The van der Waals surface area contributed by atoms with Gasteiger partial charge in [-0.3, -0.25) is 18.7 Å². The molecule has 0 saturated carbocycles. The highest BCUT2D eigenvalue weighted by atomic mass is 32.2. The molecule has 0 aromatic heterocycles. The summed E-state index contributed by atoms with van der Waals surface area (Å²) in [5.74, 6) is -0.197. The van der Waals surface area contributed by atoms with Gasteiger partial charge in [0.2, 0.25) is 21.8 Å². The smallest absolute Gasteiger partial charge is 0.244 e. The summed E-state index contributed by atoms with van der Waals surface area (Å²) >= 11 is 0. The van der Waals surface area contributed by atoms with Gasteiger partial charge in [-0.25, -0.2) is 8.42 Å². The van der Waals surface area contributed by atoms with E-state index in [0.717, 1.165) is 16.1 Å². The first kappa shape index (κ1) is 29.8. The second kappa shape index (κ2) is 13.2. The normalized spacial score (nSPS) is 12.1. The van der Waals surface area contributed by atoms with E-state index in [0.29, 0.717) is 24.3 Å². The van der Waals surface area contributed by atoms with Gasteiger partial charge in [0, 0.05) is 18.7 Å². The van der Waals surface area contributed by atoms with Gasteiger partial charge >= 0.3 is 0 Å². The van der Waals surface area contributed by atoms with Crippen molar-refractivity contribution in [2.75, 3.05) is 30.8 Å². The lowest BCUT2D eigenvalue weighted by molar-refractivity contribution is -0.140. The fourth-order valence-electron chi connectivity index (χ4n) is 3.76. The van der Waals surface area contributed by atoms with Gasteiger partial charge in [0.25, 0.3) is 0 Å². The summed E-state index contributed by atoms with van der Waals surface area (Å²) in [5.41, 5.74) is 1.28. The molecule has 0 bridgehead atoms. The zero-order chi connectivity index (χ0) is 27.8. The number of amides is 2. The highest BCUT2D eigenvalue weighted by Crippen LogP contribution is 2.22. The monoisotopic (exact) mass is 531 g/mol. The topological polar surface area (TPSA) is 113 Å². The number of anilines is 1. The minimum absolute atomic E-state index is 0.0987. The Morgan fingerprint density at radius 2 is 1.70 bits per heavy atom. The van der Waals surface area contributed by atoms with Gasteiger partial charge in [-0.1, -0.05) is 45.0 Å². The number of nitrogens with one attached hydrogen (secondary N) is 1. The van der Waals surface area contributed by atoms with Gasteiger partial charge in [0.1, 0.15) is 18.3 Å². The van der Waals surface area contributed by atoms with Crippen LogP contribution in [-0.2, 0) is 26.2 Å². The lowest BCUT2D eigenvalue weighted by Gasteiger charge is -2.33. The van der Waals surface area contributed by atoms with Crippen LogP contribution in [0.25, 0.3) is 0 Å². The Bertz CT molecular complexity index is 1190. The van der Waals surface area contributed by atoms with Crippen LogP contribution >= 0.6 is 0 Å². The molecular formula is C27H37N3O6S. The number of hydrogen-bond acceptors (Lipinski definition) is 6. The Hall–Kier alpha value is -3.40. The van der Waals surface area contributed by atoms with Gasteiger partial charge in [0.05, 0.1) is 19.1 Å². The van der Waals surface area contributed by atoms with Crippen LogP contribution in [0.2, 0.25) is 0 Å². The molecule has 0 saturated heterocycles. The highest BCUT2D eigenvalue weighted by Gasteiger charge is 2.31. The third-order valence-electron chi connectivity index (χ3n) is 5.80. The fourth-order valence-corrected chi connectivity index (χ4v) is 4.60. The second-order valence-corrected chi connectivity index (χ2v) is 11.2. The van der Waals surface area contributed by atoms with Crippen LogP contribution in [0.4, 0.5) is 5.69 Å². The lowest BCUT2D eigenvalue weighted by Crippen LogP contribution is -2.52. The molecule has 2 aromatic carbocycles. The quantitative estimate of drug-likeness (QED) is 0.397. The van der Waals surface area contributed by atoms with Crippen molar-refractivity contribution in [1.82, 2.24) is 10.2 Å². The van der Waals surface area contributed by atoms with Crippen molar-refractivity contribution in [3.05, 3.63) is 59.7 Å². The molecule has 2 amide bonds. The van der Waals surface area contributed by atoms with Crippen molar-refractivity contribution < 1.29 is 27.5 Å². The molecular weight excluding hydrogens is 494 g/mol. The maximum atomic E-state index is 13.7. The zero-order valence-corrected chi connectivity index (χ0v) is 23.2. The molecule has 0 heterocycles. The molecule has 0 aliphatic carbocycles. The Morgan fingerprint density at radius 3 is 2.22 bits per heavy atom. The van der Waals surface area contributed by atoms with Crippen LogP contribution in [0.3, 0.4) is 0 Å². The Morgan fingerprint density at radius 1 is 1.05 bits per heavy atom. The van der Waals surface area contributed by atoms with Crippen LogP contribution in [-0.4, -0.2) is 63.4 Å². The number of rotatable bonds is 13. The van der Waals surface area contributed by atoms with Crippen LogP contribution in [0.15, 0.2) is 48.5 Å². The first-order valence-electron chi connectivity index (χ1n) is 12.2. The van der Waals surface area contributed by atoms with Crippen molar-refractivity contribution in [2.24, 2.45) is 5.92 Å². The number of ketones is 1. The summed E-state index contributed by atoms with van der Waals surface area (Å²) in [6.45, 7) is 7.16. The number of sulfonamides is 1. The summed E-state index contributed by atoms with van der Waals surface area (Å²) in [6, 6.07) is 12.4. The average molecular weight is 532 g/mol. The summed E-state index contributed by atoms with van der Waals surface area (Å²) in [4.78, 5) is 40.1. The molecule has 1 N–H and O–H groups in total. The lowest BCUT2D eigenvalue weighted by atomic mass is 10.1. The van der Waals surface area contributed by atoms with Crippen LogP contribution in [0.1, 0.15) is 50.0 Å². The molecule has 2 aromatic rings. The summed E-state index contributed by atoms with van der Waals surface area (Å²) in [6.07, 6.45) is 1.34. The van der Waals surface area contributed by atoms with E-state index >= 15 is 0 Å². The predicted octanol–water partition coefficient (Wildman–Crippen LogP) is 3.24. The first-order valence-corrected chi connectivity index (χ1v) is 14.0. The van der Waals surface area contributed by atoms with Gasteiger partial charge in [-0.15, -0.1) is 0 Å². The van der Waals surface area contributed by atoms with E-state index in [1.807, 2.05) is 13.8 Å². The number of benzene rings is 2. The zero-order valence-electron chi connectivity index (χ0n) is 22.4. The predicted molar refractivity (Wildman–Crippen MR) is 144 cm³/mol. The van der Waals surface area contributed by atoms with Gasteiger partial charge in [-0.2, -0.15) is 0 Å². The number of carbonyl (C=O) groups excluding carboxylic acids is 3. The van der Waals surface area contributed by atoms with Gasteiger partial charge in [-0.05, 0) is 49.1 Å². The molecule has 0 fully saturated rings. The van der Waals surface area contributed by atoms with E-state index in [1.54, 1.807) is 50.4 Å². The number of ether oxygens (including phenoxy) is 1.